The Balaban J connectivity index is 0.00000400. The van der Waals surface area contributed by atoms with Crippen LogP contribution in [0.15, 0.2) is 18.2 Å². The van der Waals surface area contributed by atoms with Gasteiger partial charge in [0.15, 0.2) is 11.5 Å². The van der Waals surface area contributed by atoms with Crippen LogP contribution in [0.4, 0.5) is 0 Å². The smallest absolute Gasteiger partial charge is 0.250 e. The molecule has 0 aliphatic carbocycles. The number of halogens is 1. The van der Waals surface area contributed by atoms with Crippen molar-refractivity contribution in [3.8, 4) is 11.5 Å². The molecule has 1 unspecified atom stereocenters. The molecular formula is C14H23ClN2O4. The lowest BCUT2D eigenvalue weighted by Crippen LogP contribution is -2.41. The van der Waals surface area contributed by atoms with Crippen LogP contribution in [0.2, 0.25) is 0 Å². The summed E-state index contributed by atoms with van der Waals surface area (Å²) in [5.41, 5.74) is 6.47. The highest BCUT2D eigenvalue weighted by molar-refractivity contribution is 5.85. The standard InChI is InChI=1S/C14H22N2O4.ClH/c1-18-11-5-4-10(8-12(11)19-2)6-7-16-14(17)13(9-15)20-3;/h4-5,8,13H,6-7,9,15H2,1-3H3,(H,16,17);1H. The van der Waals surface area contributed by atoms with E-state index in [2.05, 4.69) is 5.32 Å². The van der Waals surface area contributed by atoms with E-state index in [1.165, 1.54) is 7.11 Å². The summed E-state index contributed by atoms with van der Waals surface area (Å²) in [6, 6.07) is 5.67. The van der Waals surface area contributed by atoms with Crippen molar-refractivity contribution in [2.75, 3.05) is 34.4 Å². The molecule has 0 spiro atoms. The van der Waals surface area contributed by atoms with E-state index in [0.29, 0.717) is 24.5 Å². The van der Waals surface area contributed by atoms with Crippen LogP contribution in [0, 0.1) is 0 Å². The number of carbonyl (C=O) groups is 1. The third-order valence-electron chi connectivity index (χ3n) is 2.95. The number of hydrogen-bond acceptors (Lipinski definition) is 5. The van der Waals surface area contributed by atoms with E-state index in [1.807, 2.05) is 18.2 Å². The van der Waals surface area contributed by atoms with Gasteiger partial charge in [-0.05, 0) is 24.1 Å². The van der Waals surface area contributed by atoms with Crippen LogP contribution in [0.25, 0.3) is 0 Å². The number of carbonyl (C=O) groups excluding carboxylic acids is 1. The van der Waals surface area contributed by atoms with E-state index in [4.69, 9.17) is 19.9 Å². The first-order valence-corrected chi connectivity index (χ1v) is 6.37. The molecule has 1 aromatic carbocycles. The fraction of sp³-hybridized carbons (Fsp3) is 0.500. The second-order valence-electron chi connectivity index (χ2n) is 4.19. The van der Waals surface area contributed by atoms with E-state index in [9.17, 15) is 4.79 Å². The predicted octanol–water partition coefficient (Wildman–Crippen LogP) is 0.758. The number of ether oxygens (including phenoxy) is 3. The van der Waals surface area contributed by atoms with Gasteiger partial charge in [-0.2, -0.15) is 0 Å². The number of hydrogen-bond donors (Lipinski definition) is 2. The van der Waals surface area contributed by atoms with Gasteiger partial charge >= 0.3 is 0 Å². The van der Waals surface area contributed by atoms with Crippen LogP contribution in [0.3, 0.4) is 0 Å². The minimum atomic E-state index is -0.597. The minimum absolute atomic E-state index is 0. The van der Waals surface area contributed by atoms with Gasteiger partial charge in [0, 0.05) is 20.2 Å². The molecule has 0 saturated carbocycles. The Labute approximate surface area is 131 Å². The predicted molar refractivity (Wildman–Crippen MR) is 83.4 cm³/mol. The van der Waals surface area contributed by atoms with E-state index in [0.717, 1.165) is 5.56 Å². The van der Waals surface area contributed by atoms with Crippen molar-refractivity contribution in [3.63, 3.8) is 0 Å². The van der Waals surface area contributed by atoms with E-state index in [-0.39, 0.29) is 24.9 Å². The molecule has 1 amide bonds. The normalized spacial score (nSPS) is 11.2. The average Bonchev–Trinajstić information content (AvgIpc) is 2.48. The number of amides is 1. The third-order valence-corrected chi connectivity index (χ3v) is 2.95. The van der Waals surface area contributed by atoms with E-state index >= 15 is 0 Å². The summed E-state index contributed by atoms with van der Waals surface area (Å²) in [6.07, 6.45) is 0.0908. The third kappa shape index (κ3) is 5.79. The molecule has 1 atom stereocenters. The zero-order chi connectivity index (χ0) is 15.0. The van der Waals surface area contributed by atoms with Crippen LogP contribution in [0.5, 0.6) is 11.5 Å². The molecule has 21 heavy (non-hydrogen) atoms. The van der Waals surface area contributed by atoms with Crippen LogP contribution < -0.4 is 20.5 Å². The number of methoxy groups -OCH3 is 3. The molecule has 0 fully saturated rings. The van der Waals surface area contributed by atoms with Crippen LogP contribution in [-0.2, 0) is 16.0 Å². The maximum Gasteiger partial charge on any atom is 0.250 e. The van der Waals surface area contributed by atoms with Gasteiger partial charge in [0.1, 0.15) is 6.10 Å². The molecule has 1 rings (SSSR count). The maximum absolute atomic E-state index is 11.7. The molecule has 120 valence electrons. The molecule has 0 bridgehead atoms. The van der Waals surface area contributed by atoms with Crippen molar-refractivity contribution in [3.05, 3.63) is 23.8 Å². The first-order valence-electron chi connectivity index (χ1n) is 6.37. The van der Waals surface area contributed by atoms with E-state index < -0.39 is 6.10 Å². The zero-order valence-electron chi connectivity index (χ0n) is 12.5. The lowest BCUT2D eigenvalue weighted by atomic mass is 10.1. The maximum atomic E-state index is 11.7. The Bertz CT molecular complexity index is 439. The lowest BCUT2D eigenvalue weighted by molar-refractivity contribution is -0.130. The van der Waals surface area contributed by atoms with Crippen molar-refractivity contribution in [2.45, 2.75) is 12.5 Å². The van der Waals surface area contributed by atoms with Gasteiger partial charge < -0.3 is 25.3 Å². The van der Waals surface area contributed by atoms with Crippen molar-refractivity contribution >= 4 is 18.3 Å². The molecule has 3 N–H and O–H groups in total. The molecule has 1 aromatic rings. The molecule has 0 aromatic heterocycles. The molecule has 0 saturated heterocycles. The summed E-state index contributed by atoms with van der Waals surface area (Å²) >= 11 is 0. The fourth-order valence-corrected chi connectivity index (χ4v) is 1.79. The van der Waals surface area contributed by atoms with Gasteiger partial charge in [0.2, 0.25) is 5.91 Å². The summed E-state index contributed by atoms with van der Waals surface area (Å²) in [4.78, 5) is 11.7. The Morgan fingerprint density at radius 3 is 2.43 bits per heavy atom. The summed E-state index contributed by atoms with van der Waals surface area (Å²) in [5, 5.41) is 2.78. The zero-order valence-corrected chi connectivity index (χ0v) is 13.4. The first kappa shape index (κ1) is 19.5. The van der Waals surface area contributed by atoms with Crippen molar-refractivity contribution in [2.24, 2.45) is 5.73 Å². The number of nitrogens with one attached hydrogen (secondary N) is 1. The highest BCUT2D eigenvalue weighted by Crippen LogP contribution is 2.27. The van der Waals surface area contributed by atoms with Gasteiger partial charge in [0.05, 0.1) is 14.2 Å². The summed E-state index contributed by atoms with van der Waals surface area (Å²) < 4.78 is 15.4. The molecule has 0 aliphatic rings. The summed E-state index contributed by atoms with van der Waals surface area (Å²) in [7, 11) is 4.65. The topological polar surface area (TPSA) is 82.8 Å². The van der Waals surface area contributed by atoms with Gasteiger partial charge in [-0.25, -0.2) is 0 Å². The van der Waals surface area contributed by atoms with Crippen LogP contribution in [-0.4, -0.2) is 46.4 Å². The SMILES string of the molecule is COc1ccc(CCNC(=O)C(CN)OC)cc1OC.Cl. The van der Waals surface area contributed by atoms with Gasteiger partial charge in [0.25, 0.3) is 0 Å². The monoisotopic (exact) mass is 318 g/mol. The van der Waals surface area contributed by atoms with Crippen molar-refractivity contribution in [1.29, 1.82) is 0 Å². The van der Waals surface area contributed by atoms with Gasteiger partial charge in [-0.1, -0.05) is 6.07 Å². The van der Waals surface area contributed by atoms with Crippen molar-refractivity contribution < 1.29 is 19.0 Å². The molecule has 0 heterocycles. The second kappa shape index (κ2) is 10.3. The van der Waals surface area contributed by atoms with Gasteiger partial charge in [-0.15, -0.1) is 12.4 Å². The van der Waals surface area contributed by atoms with Crippen LogP contribution in [0.1, 0.15) is 5.56 Å². The summed E-state index contributed by atoms with van der Waals surface area (Å²) in [6.45, 7) is 0.673. The summed E-state index contributed by atoms with van der Waals surface area (Å²) in [5.74, 6) is 1.16. The van der Waals surface area contributed by atoms with Crippen molar-refractivity contribution in [1.82, 2.24) is 5.32 Å². The average molecular weight is 319 g/mol. The highest BCUT2D eigenvalue weighted by Gasteiger charge is 2.14. The van der Waals surface area contributed by atoms with Crippen LogP contribution >= 0.6 is 12.4 Å². The molecule has 0 aliphatic heterocycles. The number of rotatable bonds is 8. The molecule has 6 nitrogen and oxygen atoms in total. The highest BCUT2D eigenvalue weighted by atomic mass is 35.5. The largest absolute Gasteiger partial charge is 0.493 e. The molecule has 7 heteroatoms. The minimum Gasteiger partial charge on any atom is -0.493 e. The molecule has 0 radical (unpaired) electrons. The second-order valence-corrected chi connectivity index (χ2v) is 4.19. The first-order chi connectivity index (χ1) is 9.65. The Hall–Kier alpha value is -1.50. The fourth-order valence-electron chi connectivity index (χ4n) is 1.79. The Morgan fingerprint density at radius 2 is 1.90 bits per heavy atom. The molecular weight excluding hydrogens is 296 g/mol. The lowest BCUT2D eigenvalue weighted by Gasteiger charge is -2.13. The number of nitrogens with two attached hydrogens (primary N) is 1. The van der Waals surface area contributed by atoms with Gasteiger partial charge in [-0.3, -0.25) is 4.79 Å². The Morgan fingerprint density at radius 1 is 1.24 bits per heavy atom. The number of benzene rings is 1. The quantitative estimate of drug-likeness (QED) is 0.739. The Kier molecular flexibility index (Phi) is 9.53. The van der Waals surface area contributed by atoms with E-state index in [1.54, 1.807) is 14.2 Å².